The van der Waals surface area contributed by atoms with Gasteiger partial charge >= 0.3 is 5.97 Å². The second kappa shape index (κ2) is 2.76. The van der Waals surface area contributed by atoms with Crippen LogP contribution in [0, 0.1) is 5.41 Å². The van der Waals surface area contributed by atoms with E-state index in [1.54, 1.807) is 0 Å². The maximum atomic E-state index is 10.5. The zero-order valence-electron chi connectivity index (χ0n) is 8.14. The summed E-state index contributed by atoms with van der Waals surface area (Å²) in [5.74, 6) is 0.0752. The van der Waals surface area contributed by atoms with Crippen LogP contribution >= 0.6 is 0 Å². The van der Waals surface area contributed by atoms with Crippen molar-refractivity contribution in [3.63, 3.8) is 0 Å². The number of aromatic nitrogens is 4. The molecular weight excluding hydrogens is 184 g/mol. The Kier molecular flexibility index (Phi) is 1.80. The Morgan fingerprint density at radius 1 is 1.71 bits per heavy atom. The topological polar surface area (TPSA) is 80.9 Å². The van der Waals surface area contributed by atoms with Crippen LogP contribution in [0.3, 0.4) is 0 Å². The smallest absolute Gasteiger partial charge is 0.325 e. The van der Waals surface area contributed by atoms with Gasteiger partial charge in [0.05, 0.1) is 0 Å². The summed E-state index contributed by atoms with van der Waals surface area (Å²) in [6.45, 7) is 4.09. The highest BCUT2D eigenvalue weighted by Gasteiger charge is 2.49. The molecule has 14 heavy (non-hydrogen) atoms. The molecule has 1 aliphatic carbocycles. The molecule has 1 N–H and O–H groups in total. The summed E-state index contributed by atoms with van der Waals surface area (Å²) in [4.78, 5) is 10.5. The lowest BCUT2D eigenvalue weighted by Crippen LogP contribution is -2.13. The van der Waals surface area contributed by atoms with E-state index in [0.29, 0.717) is 11.7 Å². The van der Waals surface area contributed by atoms with Crippen molar-refractivity contribution in [3.8, 4) is 0 Å². The summed E-state index contributed by atoms with van der Waals surface area (Å²) in [5.41, 5.74) is 0.213. The lowest BCUT2D eigenvalue weighted by molar-refractivity contribution is -0.138. The molecule has 0 bridgehead atoms. The molecule has 1 heterocycles. The van der Waals surface area contributed by atoms with Crippen LogP contribution in [0.5, 0.6) is 0 Å². The molecule has 0 aliphatic heterocycles. The molecule has 6 nitrogen and oxygen atoms in total. The molecule has 0 saturated heterocycles. The fraction of sp³-hybridized carbons (Fsp3) is 0.750. The van der Waals surface area contributed by atoms with Crippen molar-refractivity contribution in [2.75, 3.05) is 0 Å². The van der Waals surface area contributed by atoms with Crippen molar-refractivity contribution in [2.45, 2.75) is 32.7 Å². The minimum Gasteiger partial charge on any atom is -0.480 e. The fourth-order valence-electron chi connectivity index (χ4n) is 1.61. The van der Waals surface area contributed by atoms with E-state index in [1.807, 2.05) is 0 Å². The van der Waals surface area contributed by atoms with Gasteiger partial charge in [-0.15, -0.1) is 5.10 Å². The Morgan fingerprint density at radius 2 is 2.36 bits per heavy atom. The van der Waals surface area contributed by atoms with Crippen LogP contribution in [0.15, 0.2) is 0 Å². The standard InChI is InChI=1S/C8H12N4O2/c1-8(2)3-5(8)7-9-10-11-12(7)4-6(13)14/h5H,3-4H2,1-2H3,(H,13,14). The van der Waals surface area contributed by atoms with Gasteiger partial charge < -0.3 is 5.11 Å². The van der Waals surface area contributed by atoms with Gasteiger partial charge in [-0.05, 0) is 22.3 Å². The first-order valence-corrected chi connectivity index (χ1v) is 4.48. The summed E-state index contributed by atoms with van der Waals surface area (Å²) in [6.07, 6.45) is 1.02. The van der Waals surface area contributed by atoms with E-state index in [4.69, 9.17) is 5.11 Å². The van der Waals surface area contributed by atoms with E-state index in [2.05, 4.69) is 29.4 Å². The van der Waals surface area contributed by atoms with Gasteiger partial charge in [-0.25, -0.2) is 4.68 Å². The first-order chi connectivity index (χ1) is 6.50. The number of carboxylic acid groups (broad SMARTS) is 1. The van der Waals surface area contributed by atoms with Gasteiger partial charge in [0, 0.05) is 5.92 Å². The number of hydrogen-bond acceptors (Lipinski definition) is 4. The predicted molar refractivity (Wildman–Crippen MR) is 46.6 cm³/mol. The van der Waals surface area contributed by atoms with E-state index < -0.39 is 5.97 Å². The van der Waals surface area contributed by atoms with Crippen molar-refractivity contribution in [2.24, 2.45) is 5.41 Å². The molecule has 1 aromatic rings. The number of tetrazole rings is 1. The maximum absolute atomic E-state index is 10.5. The maximum Gasteiger partial charge on any atom is 0.325 e. The Bertz CT molecular complexity index is 371. The van der Waals surface area contributed by atoms with Crippen molar-refractivity contribution in [1.82, 2.24) is 20.2 Å². The van der Waals surface area contributed by atoms with Crippen LogP contribution in [-0.2, 0) is 11.3 Å². The Morgan fingerprint density at radius 3 is 2.86 bits per heavy atom. The number of nitrogens with zero attached hydrogens (tertiary/aromatic N) is 4. The van der Waals surface area contributed by atoms with E-state index >= 15 is 0 Å². The molecule has 0 spiro atoms. The molecular formula is C8H12N4O2. The van der Waals surface area contributed by atoms with Crippen LogP contribution in [0.1, 0.15) is 32.0 Å². The molecule has 0 radical (unpaired) electrons. The van der Waals surface area contributed by atoms with Crippen molar-refractivity contribution in [3.05, 3.63) is 5.82 Å². The Balaban J connectivity index is 2.19. The Hall–Kier alpha value is -1.46. The molecule has 2 rings (SSSR count). The minimum absolute atomic E-state index is 0.158. The largest absolute Gasteiger partial charge is 0.480 e. The summed E-state index contributed by atoms with van der Waals surface area (Å²) < 4.78 is 1.36. The molecule has 76 valence electrons. The number of carbonyl (C=O) groups is 1. The Labute approximate surface area is 80.9 Å². The SMILES string of the molecule is CC1(C)CC1c1nnnn1CC(=O)O. The summed E-state index contributed by atoms with van der Waals surface area (Å²) in [5, 5.41) is 19.7. The highest BCUT2D eigenvalue weighted by Crippen LogP contribution is 2.57. The van der Waals surface area contributed by atoms with E-state index in [9.17, 15) is 4.79 Å². The van der Waals surface area contributed by atoms with E-state index in [-0.39, 0.29) is 12.0 Å². The molecule has 0 aromatic carbocycles. The van der Waals surface area contributed by atoms with Crippen LogP contribution < -0.4 is 0 Å². The first-order valence-electron chi connectivity index (χ1n) is 4.48. The highest BCUT2D eigenvalue weighted by molar-refractivity contribution is 5.66. The van der Waals surface area contributed by atoms with Gasteiger partial charge in [-0.3, -0.25) is 4.79 Å². The average molecular weight is 196 g/mol. The fourth-order valence-corrected chi connectivity index (χ4v) is 1.61. The first kappa shape index (κ1) is 9.11. The lowest BCUT2D eigenvalue weighted by Gasteiger charge is -2.02. The zero-order valence-corrected chi connectivity index (χ0v) is 8.14. The molecule has 1 atom stereocenters. The molecule has 1 saturated carbocycles. The van der Waals surface area contributed by atoms with Crippen LogP contribution in [-0.4, -0.2) is 31.3 Å². The van der Waals surface area contributed by atoms with Crippen LogP contribution in [0.2, 0.25) is 0 Å². The van der Waals surface area contributed by atoms with Gasteiger partial charge in [0.2, 0.25) is 0 Å². The number of hydrogen-bond donors (Lipinski definition) is 1. The second-order valence-electron chi connectivity index (χ2n) is 4.33. The van der Waals surface area contributed by atoms with Gasteiger partial charge in [-0.1, -0.05) is 13.8 Å². The van der Waals surface area contributed by atoms with Gasteiger partial charge in [0.1, 0.15) is 6.54 Å². The minimum atomic E-state index is -0.919. The average Bonchev–Trinajstić information content (AvgIpc) is 2.51. The molecule has 1 aliphatic rings. The summed E-state index contributed by atoms with van der Waals surface area (Å²) >= 11 is 0. The van der Waals surface area contributed by atoms with Gasteiger partial charge in [0.15, 0.2) is 5.82 Å². The van der Waals surface area contributed by atoms with Gasteiger partial charge in [0.25, 0.3) is 0 Å². The number of carboxylic acids is 1. The zero-order chi connectivity index (χ0) is 10.3. The van der Waals surface area contributed by atoms with Gasteiger partial charge in [-0.2, -0.15) is 0 Å². The number of rotatable bonds is 3. The van der Waals surface area contributed by atoms with Crippen molar-refractivity contribution < 1.29 is 9.90 Å². The monoisotopic (exact) mass is 196 g/mol. The highest BCUT2D eigenvalue weighted by atomic mass is 16.4. The van der Waals surface area contributed by atoms with Crippen molar-refractivity contribution >= 4 is 5.97 Å². The molecule has 0 amide bonds. The molecule has 1 aromatic heterocycles. The third kappa shape index (κ3) is 1.47. The van der Waals surface area contributed by atoms with E-state index in [0.717, 1.165) is 6.42 Å². The molecule has 1 fully saturated rings. The van der Waals surface area contributed by atoms with Crippen molar-refractivity contribution in [1.29, 1.82) is 0 Å². The molecule has 1 unspecified atom stereocenters. The second-order valence-corrected chi connectivity index (χ2v) is 4.33. The normalized spacial score (nSPS) is 23.4. The molecule has 6 heteroatoms. The lowest BCUT2D eigenvalue weighted by atomic mass is 10.1. The number of aliphatic carboxylic acids is 1. The van der Waals surface area contributed by atoms with E-state index in [1.165, 1.54) is 4.68 Å². The third-order valence-corrected chi connectivity index (χ3v) is 2.67. The summed E-state index contributed by atoms with van der Waals surface area (Å²) in [7, 11) is 0. The van der Waals surface area contributed by atoms with Crippen LogP contribution in [0.4, 0.5) is 0 Å². The quantitative estimate of drug-likeness (QED) is 0.750. The third-order valence-electron chi connectivity index (χ3n) is 2.67. The summed E-state index contributed by atoms with van der Waals surface area (Å²) in [6, 6.07) is 0. The predicted octanol–water partition coefficient (Wildman–Crippen LogP) is 0.271. The van der Waals surface area contributed by atoms with Crippen LogP contribution in [0.25, 0.3) is 0 Å².